The monoisotopic (exact) mass is 302 g/mol. The first-order chi connectivity index (χ1) is 10.8. The molecule has 0 amide bonds. The predicted molar refractivity (Wildman–Crippen MR) is 83.9 cm³/mol. The molecule has 3 atom stereocenters. The van der Waals surface area contributed by atoms with Gasteiger partial charge in [0.1, 0.15) is 5.52 Å². The molecule has 1 aromatic heterocycles. The summed E-state index contributed by atoms with van der Waals surface area (Å²) in [6.07, 6.45) is 4.00. The third kappa shape index (κ3) is 2.48. The highest BCUT2D eigenvalue weighted by Crippen LogP contribution is 2.34. The summed E-state index contributed by atoms with van der Waals surface area (Å²) in [5, 5.41) is 10.4. The normalized spacial score (nSPS) is 29.9. The number of rotatable bonds is 2. The van der Waals surface area contributed by atoms with Crippen molar-refractivity contribution in [2.45, 2.75) is 37.8 Å². The molecular weight excluding hydrogens is 280 g/mol. The highest BCUT2D eigenvalue weighted by atomic mass is 16.5. The maximum atomic E-state index is 10.4. The smallest absolute Gasteiger partial charge is 0.298 e. The van der Waals surface area contributed by atoms with Crippen LogP contribution in [0.4, 0.5) is 6.01 Å². The molecule has 1 saturated carbocycles. The topological polar surface area (TPSA) is 58.7 Å². The lowest BCUT2D eigenvalue weighted by molar-refractivity contribution is 0.00709. The van der Waals surface area contributed by atoms with E-state index >= 15 is 0 Å². The lowest BCUT2D eigenvalue weighted by Gasteiger charge is -2.42. The summed E-state index contributed by atoms with van der Waals surface area (Å²) in [4.78, 5) is 6.83. The molecule has 2 aromatic rings. The van der Waals surface area contributed by atoms with Crippen LogP contribution in [-0.4, -0.2) is 42.0 Å². The fourth-order valence-corrected chi connectivity index (χ4v) is 3.79. The molecule has 1 aliphatic heterocycles. The molecule has 1 aliphatic carbocycles. The Labute approximate surface area is 129 Å². The number of aromatic nitrogens is 1. The molecule has 4 rings (SSSR count). The zero-order valence-electron chi connectivity index (χ0n) is 12.6. The van der Waals surface area contributed by atoms with E-state index in [2.05, 4.69) is 9.88 Å². The molecule has 5 nitrogen and oxygen atoms in total. The van der Waals surface area contributed by atoms with Gasteiger partial charge in [0.05, 0.1) is 25.4 Å². The van der Waals surface area contributed by atoms with Crippen molar-refractivity contribution in [3.05, 3.63) is 24.3 Å². The number of nitrogens with zero attached hydrogens (tertiary/aromatic N) is 2. The first kappa shape index (κ1) is 14.0. The van der Waals surface area contributed by atoms with Crippen molar-refractivity contribution in [2.24, 2.45) is 5.92 Å². The van der Waals surface area contributed by atoms with Gasteiger partial charge in [-0.25, -0.2) is 0 Å². The van der Waals surface area contributed by atoms with Gasteiger partial charge in [-0.15, -0.1) is 0 Å². The molecule has 118 valence electrons. The van der Waals surface area contributed by atoms with E-state index in [1.807, 2.05) is 24.3 Å². The van der Waals surface area contributed by atoms with Crippen molar-refractivity contribution in [3.8, 4) is 0 Å². The molecule has 1 aromatic carbocycles. The number of hydrogen-bond acceptors (Lipinski definition) is 5. The minimum absolute atomic E-state index is 0.150. The molecule has 2 heterocycles. The zero-order valence-corrected chi connectivity index (χ0v) is 12.6. The maximum absolute atomic E-state index is 10.4. The average molecular weight is 302 g/mol. The Morgan fingerprint density at radius 2 is 2.05 bits per heavy atom. The molecule has 2 aliphatic rings. The van der Waals surface area contributed by atoms with Crippen molar-refractivity contribution in [3.63, 3.8) is 0 Å². The van der Waals surface area contributed by atoms with Gasteiger partial charge in [-0.1, -0.05) is 25.0 Å². The van der Waals surface area contributed by atoms with E-state index in [0.29, 0.717) is 19.2 Å². The Kier molecular flexibility index (Phi) is 3.76. The third-order valence-electron chi connectivity index (χ3n) is 4.97. The van der Waals surface area contributed by atoms with Crippen LogP contribution in [-0.2, 0) is 4.74 Å². The van der Waals surface area contributed by atoms with Crippen LogP contribution in [0.1, 0.15) is 25.7 Å². The van der Waals surface area contributed by atoms with Crippen LogP contribution < -0.4 is 4.90 Å². The Balaban J connectivity index is 1.64. The van der Waals surface area contributed by atoms with E-state index in [0.717, 1.165) is 36.9 Å². The van der Waals surface area contributed by atoms with Crippen LogP contribution in [0.3, 0.4) is 0 Å². The summed E-state index contributed by atoms with van der Waals surface area (Å²) >= 11 is 0. The molecule has 0 radical (unpaired) electrons. The number of morpholine rings is 1. The van der Waals surface area contributed by atoms with Gasteiger partial charge in [0.25, 0.3) is 6.01 Å². The first-order valence-electron chi connectivity index (χ1n) is 8.21. The Morgan fingerprint density at radius 3 is 2.91 bits per heavy atom. The lowest BCUT2D eigenvalue weighted by Crippen LogP contribution is -2.53. The summed E-state index contributed by atoms with van der Waals surface area (Å²) in [5.41, 5.74) is 1.69. The van der Waals surface area contributed by atoms with Gasteiger partial charge in [-0.05, 0) is 25.0 Å². The van der Waals surface area contributed by atoms with Crippen LogP contribution in [0.15, 0.2) is 28.7 Å². The van der Waals surface area contributed by atoms with Crippen LogP contribution in [0.25, 0.3) is 11.1 Å². The quantitative estimate of drug-likeness (QED) is 0.924. The largest absolute Gasteiger partial charge is 0.423 e. The van der Waals surface area contributed by atoms with Gasteiger partial charge in [0, 0.05) is 12.5 Å². The molecule has 0 unspecified atom stereocenters. The van der Waals surface area contributed by atoms with E-state index < -0.39 is 0 Å². The average Bonchev–Trinajstić information content (AvgIpc) is 2.99. The van der Waals surface area contributed by atoms with Crippen molar-refractivity contribution >= 4 is 17.1 Å². The Morgan fingerprint density at radius 1 is 1.18 bits per heavy atom. The second-order valence-electron chi connectivity index (χ2n) is 6.32. The second-order valence-corrected chi connectivity index (χ2v) is 6.32. The van der Waals surface area contributed by atoms with E-state index in [1.165, 1.54) is 6.42 Å². The maximum Gasteiger partial charge on any atom is 0.298 e. The minimum Gasteiger partial charge on any atom is -0.423 e. The van der Waals surface area contributed by atoms with Gasteiger partial charge < -0.3 is 19.2 Å². The number of aliphatic hydroxyl groups is 1. The number of ether oxygens (including phenoxy) is 1. The summed E-state index contributed by atoms with van der Waals surface area (Å²) < 4.78 is 11.6. The number of hydrogen-bond donors (Lipinski definition) is 1. The van der Waals surface area contributed by atoms with Crippen LogP contribution in [0.2, 0.25) is 0 Å². The van der Waals surface area contributed by atoms with Crippen molar-refractivity contribution in [1.82, 2.24) is 4.98 Å². The van der Waals surface area contributed by atoms with Crippen molar-refractivity contribution < 1.29 is 14.3 Å². The van der Waals surface area contributed by atoms with Crippen molar-refractivity contribution in [2.75, 3.05) is 24.7 Å². The van der Waals surface area contributed by atoms with Crippen LogP contribution in [0.5, 0.6) is 0 Å². The number of fused-ring (bicyclic) bond motifs is 1. The van der Waals surface area contributed by atoms with Crippen molar-refractivity contribution in [1.29, 1.82) is 0 Å². The molecule has 1 N–H and O–H groups in total. The Bertz CT molecular complexity index is 609. The Hall–Kier alpha value is -1.59. The summed E-state index contributed by atoms with van der Waals surface area (Å²) in [5.74, 6) is 0.240. The number of benzene rings is 1. The molecule has 2 fully saturated rings. The standard InChI is InChI=1S/C17H22N2O3/c20-15-7-3-1-5-12(15)14-11-21-10-9-19(14)17-18-13-6-2-4-8-16(13)22-17/h2,4,6,8,12,14-15,20H,1,3,5,7,9-11H2/t12-,14-,15-/m1/s1. The molecule has 22 heavy (non-hydrogen) atoms. The van der Waals surface area contributed by atoms with E-state index in [-0.39, 0.29) is 18.1 Å². The summed E-state index contributed by atoms with van der Waals surface area (Å²) in [6, 6.07) is 8.64. The number of anilines is 1. The van der Waals surface area contributed by atoms with Gasteiger partial charge >= 0.3 is 0 Å². The highest BCUT2D eigenvalue weighted by Gasteiger charge is 2.38. The number of para-hydroxylation sites is 2. The van der Waals surface area contributed by atoms with Gasteiger partial charge in [-0.3, -0.25) is 0 Å². The van der Waals surface area contributed by atoms with Gasteiger partial charge in [-0.2, -0.15) is 4.98 Å². The minimum atomic E-state index is -0.243. The van der Waals surface area contributed by atoms with Crippen LogP contribution >= 0.6 is 0 Å². The van der Waals surface area contributed by atoms with E-state index in [4.69, 9.17) is 9.15 Å². The van der Waals surface area contributed by atoms with E-state index in [1.54, 1.807) is 0 Å². The summed E-state index contributed by atoms with van der Waals surface area (Å²) in [7, 11) is 0. The predicted octanol–water partition coefficient (Wildman–Crippen LogP) is 2.58. The van der Waals surface area contributed by atoms with Gasteiger partial charge in [0.15, 0.2) is 5.58 Å². The van der Waals surface area contributed by atoms with Crippen LogP contribution in [0, 0.1) is 5.92 Å². The molecule has 1 saturated heterocycles. The molecule has 5 heteroatoms. The molecular formula is C17H22N2O3. The lowest BCUT2D eigenvalue weighted by atomic mass is 9.81. The fourth-order valence-electron chi connectivity index (χ4n) is 3.79. The molecule has 0 spiro atoms. The SMILES string of the molecule is O[C@@H]1CCCC[C@@H]1[C@H]1COCCN1c1nc2ccccc2o1. The van der Waals surface area contributed by atoms with Gasteiger partial charge in [0.2, 0.25) is 0 Å². The fraction of sp³-hybridized carbons (Fsp3) is 0.588. The van der Waals surface area contributed by atoms with E-state index in [9.17, 15) is 5.11 Å². The first-order valence-corrected chi connectivity index (χ1v) is 8.21. The number of oxazole rings is 1. The zero-order chi connectivity index (χ0) is 14.9. The third-order valence-corrected chi connectivity index (χ3v) is 4.97. The highest BCUT2D eigenvalue weighted by molar-refractivity contribution is 5.74. The summed E-state index contributed by atoms with van der Waals surface area (Å²) in [6.45, 7) is 2.08. The number of aliphatic hydroxyl groups excluding tert-OH is 1. The molecule has 0 bridgehead atoms. The second kappa shape index (κ2) is 5.89.